The van der Waals surface area contributed by atoms with Gasteiger partial charge in [0.05, 0.1) is 0 Å². The predicted molar refractivity (Wildman–Crippen MR) is 72.6 cm³/mol. The number of hydrogen-bond acceptors (Lipinski definition) is 3. The second-order valence-electron chi connectivity index (χ2n) is 5.78. The lowest BCUT2D eigenvalue weighted by Crippen LogP contribution is -2.54. The van der Waals surface area contributed by atoms with E-state index >= 15 is 0 Å². The minimum absolute atomic E-state index is 0.148. The summed E-state index contributed by atoms with van der Waals surface area (Å²) >= 11 is 0. The topological polar surface area (TPSA) is 37.4 Å². The molecule has 3 heteroatoms. The lowest BCUT2D eigenvalue weighted by atomic mass is 9.78. The summed E-state index contributed by atoms with van der Waals surface area (Å²) < 4.78 is 0. The summed E-state index contributed by atoms with van der Waals surface area (Å²) in [6, 6.07) is 10.9. The highest BCUT2D eigenvalue weighted by Crippen LogP contribution is 2.35. The Balaban J connectivity index is 1.78. The number of hydrogen-bond donors (Lipinski definition) is 0. The van der Waals surface area contributed by atoms with E-state index in [1.165, 1.54) is 5.56 Å². The van der Waals surface area contributed by atoms with Crippen molar-refractivity contribution < 1.29 is 9.59 Å². The minimum atomic E-state index is 0.148. The SMILES string of the molecule is O=CC1CC2CC(=O)CC(C1)N2Cc1ccccc1. The van der Waals surface area contributed by atoms with Crippen molar-refractivity contribution in [3.05, 3.63) is 35.9 Å². The van der Waals surface area contributed by atoms with E-state index in [-0.39, 0.29) is 18.0 Å². The normalized spacial score (nSPS) is 31.2. The maximum atomic E-state index is 11.8. The molecule has 2 heterocycles. The van der Waals surface area contributed by atoms with Crippen LogP contribution in [0.3, 0.4) is 0 Å². The lowest BCUT2D eigenvalue weighted by Gasteiger charge is -2.47. The van der Waals surface area contributed by atoms with E-state index in [2.05, 4.69) is 29.2 Å². The summed E-state index contributed by atoms with van der Waals surface area (Å²) in [7, 11) is 0. The summed E-state index contributed by atoms with van der Waals surface area (Å²) in [6.07, 6.45) is 4.01. The molecule has 1 aromatic rings. The van der Waals surface area contributed by atoms with Crippen LogP contribution in [-0.2, 0) is 16.1 Å². The Morgan fingerprint density at radius 3 is 2.32 bits per heavy atom. The quantitative estimate of drug-likeness (QED) is 0.779. The van der Waals surface area contributed by atoms with E-state index in [4.69, 9.17) is 0 Å². The number of fused-ring (bicyclic) bond motifs is 2. The zero-order valence-corrected chi connectivity index (χ0v) is 11.0. The van der Waals surface area contributed by atoms with Crippen molar-refractivity contribution in [3.8, 4) is 0 Å². The average molecular weight is 257 g/mol. The first-order valence-electron chi connectivity index (χ1n) is 7.03. The smallest absolute Gasteiger partial charge is 0.136 e. The molecule has 2 unspecified atom stereocenters. The zero-order valence-electron chi connectivity index (χ0n) is 11.0. The number of carbonyl (C=O) groups is 2. The molecule has 2 bridgehead atoms. The van der Waals surface area contributed by atoms with E-state index in [0.717, 1.165) is 25.7 Å². The number of ketones is 1. The molecule has 19 heavy (non-hydrogen) atoms. The van der Waals surface area contributed by atoms with Crippen LogP contribution in [-0.4, -0.2) is 29.1 Å². The number of carbonyl (C=O) groups excluding carboxylic acids is 2. The molecular formula is C16H19NO2. The largest absolute Gasteiger partial charge is 0.303 e. The van der Waals surface area contributed by atoms with Gasteiger partial charge in [0.2, 0.25) is 0 Å². The molecule has 3 rings (SSSR count). The molecule has 0 spiro atoms. The second-order valence-corrected chi connectivity index (χ2v) is 5.78. The summed E-state index contributed by atoms with van der Waals surface area (Å²) in [4.78, 5) is 25.2. The van der Waals surface area contributed by atoms with Crippen LogP contribution >= 0.6 is 0 Å². The van der Waals surface area contributed by atoms with Crippen LogP contribution in [0.4, 0.5) is 0 Å². The van der Waals surface area contributed by atoms with Crippen LogP contribution in [0.5, 0.6) is 0 Å². The fourth-order valence-corrected chi connectivity index (χ4v) is 3.54. The Bertz CT molecular complexity index is 453. The summed E-state index contributed by atoms with van der Waals surface area (Å²) in [6.45, 7) is 0.898. The minimum Gasteiger partial charge on any atom is -0.303 e. The van der Waals surface area contributed by atoms with Crippen molar-refractivity contribution in [1.82, 2.24) is 4.90 Å². The summed E-state index contributed by atoms with van der Waals surface area (Å²) in [5.41, 5.74) is 1.29. The van der Waals surface area contributed by atoms with E-state index < -0.39 is 0 Å². The number of benzene rings is 1. The number of aldehydes is 1. The van der Waals surface area contributed by atoms with E-state index in [1.807, 2.05) is 6.07 Å². The number of piperidine rings is 2. The van der Waals surface area contributed by atoms with Crippen LogP contribution in [0.2, 0.25) is 0 Å². The first-order valence-corrected chi connectivity index (χ1v) is 7.03. The summed E-state index contributed by atoms with van der Waals surface area (Å²) in [5, 5.41) is 0. The molecule has 2 saturated heterocycles. The maximum Gasteiger partial charge on any atom is 0.136 e. The van der Waals surface area contributed by atoms with E-state index in [0.29, 0.717) is 18.6 Å². The molecule has 0 aliphatic carbocycles. The van der Waals surface area contributed by atoms with Crippen LogP contribution in [0.15, 0.2) is 30.3 Å². The van der Waals surface area contributed by atoms with Gasteiger partial charge in [-0.05, 0) is 18.4 Å². The van der Waals surface area contributed by atoms with Crippen LogP contribution in [0.1, 0.15) is 31.2 Å². The van der Waals surface area contributed by atoms with Gasteiger partial charge in [-0.3, -0.25) is 9.69 Å². The molecule has 0 aromatic heterocycles. The van der Waals surface area contributed by atoms with Gasteiger partial charge in [0.15, 0.2) is 0 Å². The van der Waals surface area contributed by atoms with Gasteiger partial charge in [-0.1, -0.05) is 30.3 Å². The molecule has 2 aliphatic rings. The molecule has 0 N–H and O–H groups in total. The maximum absolute atomic E-state index is 11.8. The summed E-state index contributed by atoms with van der Waals surface area (Å²) in [5.74, 6) is 0.513. The monoisotopic (exact) mass is 257 g/mol. The molecule has 2 atom stereocenters. The van der Waals surface area contributed by atoms with Gasteiger partial charge in [0, 0.05) is 37.4 Å². The van der Waals surface area contributed by atoms with Gasteiger partial charge >= 0.3 is 0 Å². The van der Waals surface area contributed by atoms with Gasteiger partial charge in [-0.25, -0.2) is 0 Å². The van der Waals surface area contributed by atoms with Crippen molar-refractivity contribution in [1.29, 1.82) is 0 Å². The van der Waals surface area contributed by atoms with Crippen molar-refractivity contribution in [3.63, 3.8) is 0 Å². The van der Waals surface area contributed by atoms with Gasteiger partial charge < -0.3 is 4.79 Å². The average Bonchev–Trinajstić information content (AvgIpc) is 2.40. The molecule has 0 radical (unpaired) electrons. The van der Waals surface area contributed by atoms with Crippen LogP contribution < -0.4 is 0 Å². The van der Waals surface area contributed by atoms with Crippen molar-refractivity contribution in [2.24, 2.45) is 5.92 Å². The molecule has 2 aliphatic heterocycles. The fraction of sp³-hybridized carbons (Fsp3) is 0.500. The second kappa shape index (κ2) is 5.25. The standard InChI is InChI=1S/C16H19NO2/c18-11-13-6-14-8-16(19)9-15(7-13)17(14)10-12-4-2-1-3-5-12/h1-5,11,13-15H,6-10H2. The van der Waals surface area contributed by atoms with Gasteiger partial charge in [0.25, 0.3) is 0 Å². The molecule has 1 aromatic carbocycles. The van der Waals surface area contributed by atoms with E-state index in [9.17, 15) is 9.59 Å². The number of Topliss-reactive ketones (excluding diaryl/α,β-unsaturated/α-hetero) is 1. The Morgan fingerprint density at radius 1 is 1.11 bits per heavy atom. The van der Waals surface area contributed by atoms with Crippen molar-refractivity contribution in [2.45, 2.75) is 44.3 Å². The number of nitrogens with zero attached hydrogens (tertiary/aromatic N) is 1. The van der Waals surface area contributed by atoms with Gasteiger partial charge in [-0.15, -0.1) is 0 Å². The molecular weight excluding hydrogens is 238 g/mol. The Kier molecular flexibility index (Phi) is 3.47. The number of rotatable bonds is 3. The predicted octanol–water partition coefficient (Wildman–Crippen LogP) is 2.20. The molecule has 3 nitrogen and oxygen atoms in total. The Labute approximate surface area is 113 Å². The third-order valence-electron chi connectivity index (χ3n) is 4.41. The first kappa shape index (κ1) is 12.5. The molecule has 0 amide bonds. The highest BCUT2D eigenvalue weighted by molar-refractivity contribution is 5.81. The third-order valence-corrected chi connectivity index (χ3v) is 4.41. The zero-order chi connectivity index (χ0) is 13.2. The van der Waals surface area contributed by atoms with Gasteiger partial charge in [-0.2, -0.15) is 0 Å². The van der Waals surface area contributed by atoms with Gasteiger partial charge in [0.1, 0.15) is 12.1 Å². The molecule has 100 valence electrons. The Morgan fingerprint density at radius 2 is 1.74 bits per heavy atom. The molecule has 2 fully saturated rings. The third kappa shape index (κ3) is 2.61. The van der Waals surface area contributed by atoms with Crippen LogP contribution in [0.25, 0.3) is 0 Å². The fourth-order valence-electron chi connectivity index (χ4n) is 3.54. The van der Waals surface area contributed by atoms with Crippen molar-refractivity contribution in [2.75, 3.05) is 0 Å². The van der Waals surface area contributed by atoms with Crippen LogP contribution in [0, 0.1) is 5.92 Å². The first-order chi connectivity index (χ1) is 9.26. The molecule has 0 saturated carbocycles. The van der Waals surface area contributed by atoms with Crippen molar-refractivity contribution >= 4 is 12.1 Å². The lowest BCUT2D eigenvalue weighted by molar-refractivity contribution is -0.131. The highest BCUT2D eigenvalue weighted by Gasteiger charge is 2.40. The highest BCUT2D eigenvalue weighted by atomic mass is 16.1. The Hall–Kier alpha value is -1.48. The van der Waals surface area contributed by atoms with E-state index in [1.54, 1.807) is 0 Å².